The third-order valence-electron chi connectivity index (χ3n) is 2.18. The fourth-order valence-electron chi connectivity index (χ4n) is 1.49. The van der Waals surface area contributed by atoms with Crippen LogP contribution in [0.3, 0.4) is 0 Å². The summed E-state index contributed by atoms with van der Waals surface area (Å²) >= 11 is 0. The van der Waals surface area contributed by atoms with Gasteiger partial charge in [-0.05, 0) is 13.0 Å². The molecule has 0 radical (unpaired) electrons. The number of alkyl halides is 3. The molecule has 0 amide bonds. The van der Waals surface area contributed by atoms with Gasteiger partial charge in [-0.15, -0.1) is 0 Å². The monoisotopic (exact) mass is 182 g/mol. The molecule has 5 heteroatoms. The van der Waals surface area contributed by atoms with Crippen LogP contribution in [0.15, 0.2) is 0 Å². The van der Waals surface area contributed by atoms with Gasteiger partial charge in [0.2, 0.25) is 0 Å². The number of rotatable bonds is 2. The lowest BCUT2D eigenvalue weighted by Crippen LogP contribution is -2.30. The van der Waals surface area contributed by atoms with Crippen molar-refractivity contribution in [2.24, 2.45) is 11.7 Å². The Kier molecular flexibility index (Phi) is 2.95. The van der Waals surface area contributed by atoms with Crippen molar-refractivity contribution in [1.82, 2.24) is 4.90 Å². The minimum atomic E-state index is -4.02. The lowest BCUT2D eigenvalue weighted by Gasteiger charge is -2.16. The first-order valence-electron chi connectivity index (χ1n) is 4.03. The molecule has 72 valence electrons. The first-order valence-corrected chi connectivity index (χ1v) is 4.03. The molecule has 0 spiro atoms. The molecule has 2 N–H and O–H groups in total. The van der Waals surface area contributed by atoms with Crippen LogP contribution in [0, 0.1) is 5.92 Å². The fraction of sp³-hybridized carbons (Fsp3) is 1.00. The molecule has 1 heterocycles. The van der Waals surface area contributed by atoms with Gasteiger partial charge < -0.3 is 10.6 Å². The Morgan fingerprint density at radius 2 is 2.08 bits per heavy atom. The molecule has 0 saturated carbocycles. The van der Waals surface area contributed by atoms with Crippen LogP contribution in [0.1, 0.15) is 6.42 Å². The normalized spacial score (nSPS) is 26.5. The van der Waals surface area contributed by atoms with Gasteiger partial charge in [0, 0.05) is 19.6 Å². The Morgan fingerprint density at radius 1 is 1.42 bits per heavy atom. The molecule has 0 unspecified atom stereocenters. The maximum atomic E-state index is 12.1. The Balaban J connectivity index is 2.35. The van der Waals surface area contributed by atoms with E-state index in [1.165, 1.54) is 0 Å². The van der Waals surface area contributed by atoms with Crippen molar-refractivity contribution in [2.45, 2.75) is 12.6 Å². The third kappa shape index (κ3) is 2.35. The molecule has 0 aromatic heterocycles. The first-order chi connectivity index (χ1) is 5.54. The maximum Gasteiger partial charge on any atom is 0.393 e. The number of nitrogens with two attached hydrogens (primary N) is 1. The zero-order valence-corrected chi connectivity index (χ0v) is 6.77. The van der Waals surface area contributed by atoms with Crippen molar-refractivity contribution in [3.8, 4) is 0 Å². The molecule has 0 aromatic carbocycles. The summed E-state index contributed by atoms with van der Waals surface area (Å²) in [6.07, 6.45) is -3.80. The molecular weight excluding hydrogens is 169 g/mol. The standard InChI is InChI=1S/C7H13F3N2/c8-7(9,10)6-1-3-12(5-6)4-2-11/h6H,1-5,11H2/t6-/m1/s1. The van der Waals surface area contributed by atoms with E-state index in [-0.39, 0.29) is 13.0 Å². The molecule has 12 heavy (non-hydrogen) atoms. The summed E-state index contributed by atoms with van der Waals surface area (Å²) in [6.45, 7) is 1.67. The van der Waals surface area contributed by atoms with Gasteiger partial charge in [0.15, 0.2) is 0 Å². The number of likely N-dealkylation sites (tertiary alicyclic amines) is 1. The Labute approximate surface area is 69.5 Å². The fourth-order valence-corrected chi connectivity index (χ4v) is 1.49. The van der Waals surface area contributed by atoms with Crippen molar-refractivity contribution >= 4 is 0 Å². The van der Waals surface area contributed by atoms with Crippen LogP contribution >= 0.6 is 0 Å². The minimum absolute atomic E-state index is 0.126. The van der Waals surface area contributed by atoms with Crippen LogP contribution in [0.5, 0.6) is 0 Å². The molecule has 0 aliphatic carbocycles. The molecule has 2 nitrogen and oxygen atoms in total. The molecule has 1 aliphatic rings. The SMILES string of the molecule is NCCN1CC[C@@H](C(F)(F)F)C1. The predicted molar refractivity (Wildman–Crippen MR) is 39.7 cm³/mol. The highest BCUT2D eigenvalue weighted by atomic mass is 19.4. The smallest absolute Gasteiger partial charge is 0.329 e. The van der Waals surface area contributed by atoms with E-state index in [0.717, 1.165) is 0 Å². The second-order valence-electron chi connectivity index (χ2n) is 3.12. The number of hydrogen-bond acceptors (Lipinski definition) is 2. The Morgan fingerprint density at radius 3 is 2.50 bits per heavy atom. The highest BCUT2D eigenvalue weighted by Gasteiger charge is 2.43. The molecule has 1 rings (SSSR count). The van der Waals surface area contributed by atoms with E-state index < -0.39 is 12.1 Å². The molecule has 1 aliphatic heterocycles. The molecular formula is C7H13F3N2. The van der Waals surface area contributed by atoms with E-state index in [9.17, 15) is 13.2 Å². The summed E-state index contributed by atoms with van der Waals surface area (Å²) in [7, 11) is 0. The van der Waals surface area contributed by atoms with Crippen molar-refractivity contribution in [3.63, 3.8) is 0 Å². The molecule has 1 atom stereocenters. The lowest BCUT2D eigenvalue weighted by molar-refractivity contribution is -0.170. The summed E-state index contributed by atoms with van der Waals surface area (Å²) in [5, 5.41) is 0. The van der Waals surface area contributed by atoms with Gasteiger partial charge in [0.05, 0.1) is 5.92 Å². The van der Waals surface area contributed by atoms with E-state index in [0.29, 0.717) is 19.6 Å². The topological polar surface area (TPSA) is 29.3 Å². The van der Waals surface area contributed by atoms with Gasteiger partial charge in [-0.2, -0.15) is 13.2 Å². The van der Waals surface area contributed by atoms with Crippen LogP contribution < -0.4 is 5.73 Å². The van der Waals surface area contributed by atoms with E-state index >= 15 is 0 Å². The van der Waals surface area contributed by atoms with Crippen LogP contribution in [-0.2, 0) is 0 Å². The van der Waals surface area contributed by atoms with Crippen LogP contribution in [0.4, 0.5) is 13.2 Å². The number of halogens is 3. The Hall–Kier alpha value is -0.290. The summed E-state index contributed by atoms with van der Waals surface area (Å²) < 4.78 is 36.3. The zero-order valence-electron chi connectivity index (χ0n) is 6.77. The van der Waals surface area contributed by atoms with E-state index in [1.54, 1.807) is 4.90 Å². The summed E-state index contributed by atoms with van der Waals surface area (Å²) in [5.41, 5.74) is 5.24. The van der Waals surface area contributed by atoms with Gasteiger partial charge >= 0.3 is 6.18 Å². The zero-order chi connectivity index (χ0) is 9.19. The van der Waals surface area contributed by atoms with Gasteiger partial charge in [-0.1, -0.05) is 0 Å². The first kappa shape index (κ1) is 9.80. The predicted octanol–water partition coefficient (Wildman–Crippen LogP) is 0.829. The van der Waals surface area contributed by atoms with E-state index in [1.807, 2.05) is 0 Å². The molecule has 1 saturated heterocycles. The quantitative estimate of drug-likeness (QED) is 0.685. The largest absolute Gasteiger partial charge is 0.393 e. The van der Waals surface area contributed by atoms with E-state index in [2.05, 4.69) is 0 Å². The van der Waals surface area contributed by atoms with Gasteiger partial charge in [0.25, 0.3) is 0 Å². The highest BCUT2D eigenvalue weighted by molar-refractivity contribution is 4.80. The Bertz CT molecular complexity index is 146. The molecule has 1 fully saturated rings. The van der Waals surface area contributed by atoms with Crippen molar-refractivity contribution in [1.29, 1.82) is 0 Å². The number of nitrogens with zero attached hydrogens (tertiary/aromatic N) is 1. The number of hydrogen-bond donors (Lipinski definition) is 1. The highest BCUT2D eigenvalue weighted by Crippen LogP contribution is 2.32. The summed E-state index contributed by atoms with van der Waals surface area (Å²) in [4.78, 5) is 1.76. The minimum Gasteiger partial charge on any atom is -0.329 e. The van der Waals surface area contributed by atoms with Gasteiger partial charge in [-0.3, -0.25) is 0 Å². The van der Waals surface area contributed by atoms with Crippen LogP contribution in [0.25, 0.3) is 0 Å². The van der Waals surface area contributed by atoms with Crippen molar-refractivity contribution in [3.05, 3.63) is 0 Å². The van der Waals surface area contributed by atoms with Crippen LogP contribution in [-0.4, -0.2) is 37.3 Å². The van der Waals surface area contributed by atoms with Gasteiger partial charge in [0.1, 0.15) is 0 Å². The average Bonchev–Trinajstić information content (AvgIpc) is 2.35. The van der Waals surface area contributed by atoms with E-state index in [4.69, 9.17) is 5.73 Å². The van der Waals surface area contributed by atoms with Crippen molar-refractivity contribution < 1.29 is 13.2 Å². The summed E-state index contributed by atoms with van der Waals surface area (Å²) in [5.74, 6) is -1.14. The summed E-state index contributed by atoms with van der Waals surface area (Å²) in [6, 6.07) is 0. The average molecular weight is 182 g/mol. The molecule has 0 bridgehead atoms. The lowest BCUT2D eigenvalue weighted by atomic mass is 10.1. The third-order valence-corrected chi connectivity index (χ3v) is 2.18. The maximum absolute atomic E-state index is 12.1. The van der Waals surface area contributed by atoms with Gasteiger partial charge in [-0.25, -0.2) is 0 Å². The second kappa shape index (κ2) is 3.62. The van der Waals surface area contributed by atoms with Crippen molar-refractivity contribution in [2.75, 3.05) is 26.2 Å². The van der Waals surface area contributed by atoms with Crippen LogP contribution in [0.2, 0.25) is 0 Å². The molecule has 0 aromatic rings. The second-order valence-corrected chi connectivity index (χ2v) is 3.12.